The molecule has 5 nitrogen and oxygen atoms in total. The Balaban J connectivity index is 1.39. The van der Waals surface area contributed by atoms with Crippen LogP contribution in [-0.2, 0) is 0 Å². The molecule has 3 heterocycles. The Morgan fingerprint density at radius 2 is 1.65 bits per heavy atom. The highest BCUT2D eigenvalue weighted by Crippen LogP contribution is 2.43. The fraction of sp³-hybridized carbons (Fsp3) is 0.467. The minimum absolute atomic E-state index is 0.141. The van der Waals surface area contributed by atoms with Crippen molar-refractivity contribution in [1.29, 1.82) is 0 Å². The van der Waals surface area contributed by atoms with E-state index in [-0.39, 0.29) is 23.7 Å². The molecular weight excluding hydrogens is 324 g/mol. The summed E-state index contributed by atoms with van der Waals surface area (Å²) in [7, 11) is 0. The molecular formula is C15H13F2N3O2S. The van der Waals surface area contributed by atoms with Crippen LogP contribution >= 0.6 is 11.5 Å². The van der Waals surface area contributed by atoms with Gasteiger partial charge in [-0.3, -0.25) is 0 Å². The lowest BCUT2D eigenvalue weighted by molar-refractivity contribution is 0.0467. The number of hydrogen-bond donors (Lipinski definition) is 0. The van der Waals surface area contributed by atoms with Gasteiger partial charge in [0.15, 0.2) is 23.8 Å². The molecule has 0 spiro atoms. The highest BCUT2D eigenvalue weighted by Gasteiger charge is 2.43. The largest absolute Gasteiger partial charge is 0.478 e. The summed E-state index contributed by atoms with van der Waals surface area (Å²) in [5, 5.41) is 1.07. The molecule has 1 aromatic heterocycles. The van der Waals surface area contributed by atoms with Gasteiger partial charge < -0.3 is 14.4 Å². The predicted molar refractivity (Wildman–Crippen MR) is 79.3 cm³/mol. The molecule has 120 valence electrons. The van der Waals surface area contributed by atoms with E-state index in [1.165, 1.54) is 24.4 Å². The van der Waals surface area contributed by atoms with Crippen LogP contribution in [0.3, 0.4) is 0 Å². The summed E-state index contributed by atoms with van der Waals surface area (Å²) in [5.74, 6) is -0.284. The summed E-state index contributed by atoms with van der Waals surface area (Å²) in [4.78, 5) is 6.53. The van der Waals surface area contributed by atoms with E-state index in [2.05, 4.69) is 9.36 Å². The number of ether oxygens (including phenoxy) is 2. The molecule has 1 saturated carbocycles. The number of benzene rings is 1. The van der Waals surface area contributed by atoms with Gasteiger partial charge in [-0.2, -0.15) is 4.37 Å². The van der Waals surface area contributed by atoms with Crippen LogP contribution in [0.4, 0.5) is 14.7 Å². The third-order valence-electron chi connectivity index (χ3n) is 4.41. The first kappa shape index (κ1) is 13.5. The van der Waals surface area contributed by atoms with Crippen LogP contribution in [0.15, 0.2) is 12.1 Å². The van der Waals surface area contributed by atoms with Gasteiger partial charge in [0.2, 0.25) is 17.4 Å². The van der Waals surface area contributed by atoms with Crippen LogP contribution in [0.2, 0.25) is 0 Å². The van der Waals surface area contributed by atoms with Crippen molar-refractivity contribution >= 4 is 17.5 Å². The quantitative estimate of drug-likeness (QED) is 0.843. The second-order valence-corrected chi connectivity index (χ2v) is 6.90. The molecule has 5 rings (SSSR count). The molecule has 2 atom stereocenters. The number of halogens is 2. The van der Waals surface area contributed by atoms with Crippen molar-refractivity contribution in [3.63, 3.8) is 0 Å². The molecule has 0 unspecified atom stereocenters. The van der Waals surface area contributed by atoms with Crippen molar-refractivity contribution in [1.82, 2.24) is 9.36 Å². The molecule has 8 heteroatoms. The third-order valence-corrected chi connectivity index (χ3v) is 5.28. The molecule has 23 heavy (non-hydrogen) atoms. The monoisotopic (exact) mass is 337 g/mol. The summed E-state index contributed by atoms with van der Waals surface area (Å²) in [6, 6.07) is 2.10. The minimum atomic E-state index is -0.610. The van der Waals surface area contributed by atoms with E-state index < -0.39 is 11.6 Å². The topological polar surface area (TPSA) is 47.5 Å². The highest BCUT2D eigenvalue weighted by molar-refractivity contribution is 7.05. The van der Waals surface area contributed by atoms with Gasteiger partial charge in [-0.05, 0) is 36.5 Å². The Morgan fingerprint density at radius 3 is 2.22 bits per heavy atom. The zero-order chi connectivity index (χ0) is 15.6. The molecule has 3 aliphatic rings. The Kier molecular flexibility index (Phi) is 2.79. The number of anilines is 1. The third kappa shape index (κ3) is 2.15. The molecule has 1 aromatic carbocycles. The zero-order valence-electron chi connectivity index (χ0n) is 12.0. The Morgan fingerprint density at radius 1 is 1.04 bits per heavy atom. The number of aromatic nitrogens is 2. The van der Waals surface area contributed by atoms with Gasteiger partial charge in [0.25, 0.3) is 0 Å². The lowest BCUT2D eigenvalue weighted by Gasteiger charge is -2.28. The Labute approximate surface area is 135 Å². The summed E-state index contributed by atoms with van der Waals surface area (Å²) < 4.78 is 43.3. The molecule has 2 aromatic rings. The fourth-order valence-corrected chi connectivity index (χ4v) is 3.86. The minimum Gasteiger partial charge on any atom is -0.478 e. The van der Waals surface area contributed by atoms with E-state index >= 15 is 0 Å². The van der Waals surface area contributed by atoms with Gasteiger partial charge in [-0.15, -0.1) is 0 Å². The molecule has 0 bridgehead atoms. The standard InChI is InChI=1S/C15H13F2N3O2S/c16-8-3-4-9(17)13-12(8)21-10-5-20(6-11(10)22-13)15-18-14(23-19-15)7-1-2-7/h3-4,7,10-11H,1-2,5-6H2/t10-,11+. The van der Waals surface area contributed by atoms with E-state index in [0.29, 0.717) is 25.0 Å². The van der Waals surface area contributed by atoms with E-state index in [9.17, 15) is 8.78 Å². The van der Waals surface area contributed by atoms with Crippen LogP contribution in [0.1, 0.15) is 23.8 Å². The van der Waals surface area contributed by atoms with Gasteiger partial charge in [0, 0.05) is 5.92 Å². The van der Waals surface area contributed by atoms with Crippen molar-refractivity contribution in [3.05, 3.63) is 28.8 Å². The van der Waals surface area contributed by atoms with Gasteiger partial charge in [0.05, 0.1) is 13.1 Å². The summed E-state index contributed by atoms with van der Waals surface area (Å²) in [6.07, 6.45) is 1.65. The van der Waals surface area contributed by atoms with Crippen molar-refractivity contribution in [3.8, 4) is 11.5 Å². The van der Waals surface area contributed by atoms with Crippen LogP contribution in [0, 0.1) is 11.6 Å². The molecule has 1 aliphatic carbocycles. The Bertz CT molecular complexity index is 741. The van der Waals surface area contributed by atoms with Crippen molar-refractivity contribution in [2.45, 2.75) is 31.0 Å². The second kappa shape index (κ2) is 4.77. The van der Waals surface area contributed by atoms with Crippen molar-refractivity contribution in [2.24, 2.45) is 0 Å². The fourth-order valence-electron chi connectivity index (χ4n) is 3.02. The van der Waals surface area contributed by atoms with E-state index in [4.69, 9.17) is 9.47 Å². The summed E-state index contributed by atoms with van der Waals surface area (Å²) in [6.45, 7) is 1.00. The lowest BCUT2D eigenvalue weighted by Crippen LogP contribution is -2.39. The van der Waals surface area contributed by atoms with Crippen LogP contribution in [0.25, 0.3) is 0 Å². The molecule has 0 amide bonds. The number of rotatable bonds is 2. The molecule has 2 fully saturated rings. The zero-order valence-corrected chi connectivity index (χ0v) is 12.9. The van der Waals surface area contributed by atoms with Gasteiger partial charge in [-0.25, -0.2) is 13.8 Å². The molecule has 1 saturated heterocycles. The van der Waals surface area contributed by atoms with Crippen LogP contribution in [0.5, 0.6) is 11.5 Å². The van der Waals surface area contributed by atoms with Gasteiger partial charge >= 0.3 is 0 Å². The van der Waals surface area contributed by atoms with Gasteiger partial charge in [0.1, 0.15) is 5.01 Å². The number of nitrogens with zero attached hydrogens (tertiary/aromatic N) is 3. The van der Waals surface area contributed by atoms with E-state index in [0.717, 1.165) is 17.1 Å². The Hall–Kier alpha value is -1.96. The predicted octanol–water partition coefficient (Wildman–Crippen LogP) is 2.72. The SMILES string of the molecule is Fc1ccc(F)c2c1O[C@H]1CN(c3nsc(C4CC4)n3)C[C@H]1O2. The molecule has 0 N–H and O–H groups in total. The van der Waals surface area contributed by atoms with E-state index in [1.807, 2.05) is 4.90 Å². The summed E-state index contributed by atoms with van der Waals surface area (Å²) in [5.41, 5.74) is 0. The number of fused-ring (bicyclic) bond motifs is 2. The highest BCUT2D eigenvalue weighted by atomic mass is 32.1. The maximum absolute atomic E-state index is 13.8. The average molecular weight is 337 g/mol. The van der Waals surface area contributed by atoms with Crippen molar-refractivity contribution < 1.29 is 18.3 Å². The number of hydrogen-bond acceptors (Lipinski definition) is 6. The normalized spacial score (nSPS) is 25.6. The second-order valence-electron chi connectivity index (χ2n) is 6.11. The lowest BCUT2D eigenvalue weighted by atomic mass is 10.2. The maximum atomic E-state index is 13.8. The van der Waals surface area contributed by atoms with Crippen molar-refractivity contribution in [2.75, 3.05) is 18.0 Å². The smallest absolute Gasteiger partial charge is 0.237 e. The first-order valence-corrected chi connectivity index (χ1v) is 8.36. The first-order valence-electron chi connectivity index (χ1n) is 7.59. The maximum Gasteiger partial charge on any atom is 0.237 e. The van der Waals surface area contributed by atoms with Crippen LogP contribution in [-0.4, -0.2) is 34.7 Å². The average Bonchev–Trinajstić information content (AvgIpc) is 3.13. The van der Waals surface area contributed by atoms with E-state index in [1.54, 1.807) is 0 Å². The first-order chi connectivity index (χ1) is 11.2. The molecule has 0 radical (unpaired) electrons. The summed E-state index contributed by atoms with van der Waals surface area (Å²) >= 11 is 1.43. The van der Waals surface area contributed by atoms with Crippen LogP contribution < -0.4 is 14.4 Å². The molecule has 2 aliphatic heterocycles. The van der Waals surface area contributed by atoms with Gasteiger partial charge in [-0.1, -0.05) is 0 Å².